The minimum atomic E-state index is -3.06. The van der Waals surface area contributed by atoms with E-state index in [1.165, 1.54) is 0 Å². The summed E-state index contributed by atoms with van der Waals surface area (Å²) in [4.78, 5) is 64.8. The molecule has 1 aromatic carbocycles. The zero-order chi connectivity index (χ0) is 36.3. The van der Waals surface area contributed by atoms with Gasteiger partial charge in [-0.25, -0.2) is 27.2 Å². The maximum Gasteiger partial charge on any atom is 0.407 e. The molecule has 0 spiro atoms. The predicted molar refractivity (Wildman–Crippen MR) is 168 cm³/mol. The van der Waals surface area contributed by atoms with E-state index in [2.05, 4.69) is 16.0 Å². The number of alkyl halides is 2. The Labute approximate surface area is 279 Å². The first-order valence-electron chi connectivity index (χ1n) is 15.6. The Morgan fingerprint density at radius 1 is 1.06 bits per heavy atom. The van der Waals surface area contributed by atoms with Gasteiger partial charge in [0.2, 0.25) is 24.1 Å². The van der Waals surface area contributed by atoms with Gasteiger partial charge < -0.3 is 30.7 Å². The van der Waals surface area contributed by atoms with Gasteiger partial charge in [-0.3, -0.25) is 18.6 Å². The summed E-state index contributed by atoms with van der Waals surface area (Å²) in [6.45, 7) is 8.29. The molecule has 2 rings (SSSR count). The second-order valence-electron chi connectivity index (χ2n) is 12.3. The van der Waals surface area contributed by atoms with Crippen LogP contribution in [0.3, 0.4) is 0 Å². The lowest BCUT2D eigenvalue weighted by Crippen LogP contribution is -2.57. The van der Waals surface area contributed by atoms with Crippen LogP contribution in [0, 0.1) is 23.5 Å². The highest BCUT2D eigenvalue weighted by molar-refractivity contribution is 7.85. The molecule has 270 valence electrons. The maximum atomic E-state index is 14.3. The molecule has 1 aliphatic heterocycles. The van der Waals surface area contributed by atoms with Crippen LogP contribution >= 0.6 is 0 Å². The van der Waals surface area contributed by atoms with E-state index in [1.54, 1.807) is 13.8 Å². The number of halogens is 4. The third-order valence-corrected chi connectivity index (χ3v) is 9.38. The number of carbonyl (C=O) groups is 5. The number of aromatic carboxylic acids is 1. The molecule has 4 N–H and O–H groups in total. The summed E-state index contributed by atoms with van der Waals surface area (Å²) in [5.74, 6) is -6.82. The van der Waals surface area contributed by atoms with E-state index < -0.39 is 118 Å². The summed E-state index contributed by atoms with van der Waals surface area (Å²) in [7, 11) is -1.45. The number of rotatable bonds is 17. The molecule has 0 bridgehead atoms. The molecule has 0 radical (unpaired) electrons. The number of alkyl carbamates (subject to hydrolysis) is 1. The number of carbonyl (C=O) groups excluding carboxylic acids is 4. The molecule has 17 heteroatoms. The highest BCUT2D eigenvalue weighted by Gasteiger charge is 2.45. The number of carboxylic acid groups (broad SMARTS) is 1. The first-order valence-corrected chi connectivity index (χ1v) is 17.0. The van der Waals surface area contributed by atoms with Crippen molar-refractivity contribution in [1.82, 2.24) is 20.9 Å². The van der Waals surface area contributed by atoms with Gasteiger partial charge in [0.05, 0.1) is 17.4 Å². The van der Waals surface area contributed by atoms with Crippen LogP contribution in [-0.2, 0) is 36.3 Å². The molecule has 48 heavy (non-hydrogen) atoms. The number of carboxylic acids is 1. The Bertz CT molecular complexity index is 1330. The lowest BCUT2D eigenvalue weighted by Gasteiger charge is -2.31. The van der Waals surface area contributed by atoms with Gasteiger partial charge in [-0.15, -0.1) is 0 Å². The molecule has 1 aromatic rings. The zero-order valence-corrected chi connectivity index (χ0v) is 28.3. The molecule has 5 atom stereocenters. The Morgan fingerprint density at radius 3 is 2.21 bits per heavy atom. The van der Waals surface area contributed by atoms with Crippen LogP contribution in [-0.4, -0.2) is 99.2 Å². The van der Waals surface area contributed by atoms with E-state index in [1.807, 2.05) is 20.8 Å². The molecule has 1 fully saturated rings. The van der Waals surface area contributed by atoms with Crippen molar-refractivity contribution in [3.05, 3.63) is 34.9 Å². The van der Waals surface area contributed by atoms with Crippen LogP contribution in [0.4, 0.5) is 22.4 Å². The van der Waals surface area contributed by atoms with Gasteiger partial charge in [0.1, 0.15) is 29.8 Å². The molecule has 1 heterocycles. The number of hydrogen-bond donors (Lipinski definition) is 4. The third kappa shape index (κ3) is 11.7. The Hall–Kier alpha value is -3.76. The predicted octanol–water partition coefficient (Wildman–Crippen LogP) is 3.00. The average Bonchev–Trinajstić information content (AvgIpc) is 3.45. The van der Waals surface area contributed by atoms with Gasteiger partial charge >= 0.3 is 12.1 Å². The lowest BCUT2D eigenvalue weighted by molar-refractivity contribution is -0.141. The van der Waals surface area contributed by atoms with Gasteiger partial charge in [-0.05, 0) is 43.2 Å². The van der Waals surface area contributed by atoms with E-state index in [-0.39, 0.29) is 31.2 Å². The van der Waals surface area contributed by atoms with Crippen LogP contribution in [0.1, 0.15) is 69.8 Å². The van der Waals surface area contributed by atoms with Crippen molar-refractivity contribution in [2.45, 2.75) is 90.1 Å². The third-order valence-electron chi connectivity index (χ3n) is 7.49. The van der Waals surface area contributed by atoms with Gasteiger partial charge in [-0.1, -0.05) is 34.6 Å². The smallest absolute Gasteiger partial charge is 0.407 e. The fourth-order valence-electron chi connectivity index (χ4n) is 5.03. The number of likely N-dealkylation sites (tertiary alicyclic amines) is 1. The normalized spacial score (nSPS) is 18.0. The quantitative estimate of drug-likeness (QED) is 0.179. The summed E-state index contributed by atoms with van der Waals surface area (Å²) in [6, 6.07) is -3.08. The summed E-state index contributed by atoms with van der Waals surface area (Å²) in [5.41, 5.74) is -1.17. The Balaban J connectivity index is 2.24. The highest BCUT2D eigenvalue weighted by Crippen LogP contribution is 2.25. The second kappa shape index (κ2) is 18.7. The molecule has 1 aliphatic rings. The van der Waals surface area contributed by atoms with Crippen molar-refractivity contribution in [2.75, 3.05) is 25.4 Å². The summed E-state index contributed by atoms with van der Waals surface area (Å²) >= 11 is 0. The minimum Gasteiger partial charge on any atom is -0.478 e. The molecular formula is C31H44F4N4O8S. The fourth-order valence-corrected chi connectivity index (χ4v) is 6.49. The van der Waals surface area contributed by atoms with E-state index in [4.69, 9.17) is 9.84 Å². The molecule has 0 aromatic heterocycles. The van der Waals surface area contributed by atoms with Crippen LogP contribution in [0.2, 0.25) is 0 Å². The SMILES string of the molecule is CCCS(=O)[C@@H]1C[C@@H](C(=O)N[C@@H](CC(F)F)C(=O)NCCc2c(F)cc(C(=O)O)cc2F)N(C(=O)[C@@H](NC(=O)OCC(C)C)C(C)C)C1. The van der Waals surface area contributed by atoms with Crippen LogP contribution in [0.5, 0.6) is 0 Å². The van der Waals surface area contributed by atoms with Crippen molar-refractivity contribution < 1.29 is 55.6 Å². The van der Waals surface area contributed by atoms with Crippen LogP contribution < -0.4 is 16.0 Å². The molecular weight excluding hydrogens is 664 g/mol. The molecule has 1 unspecified atom stereocenters. The number of amides is 4. The molecule has 0 saturated carbocycles. The van der Waals surface area contributed by atoms with Gasteiger partial charge in [0.15, 0.2) is 0 Å². The van der Waals surface area contributed by atoms with Gasteiger partial charge in [0.25, 0.3) is 0 Å². The fraction of sp³-hybridized carbons (Fsp3) is 0.645. The van der Waals surface area contributed by atoms with Crippen molar-refractivity contribution in [3.8, 4) is 0 Å². The summed E-state index contributed by atoms with van der Waals surface area (Å²) in [6.07, 6.45) is -5.04. The molecule has 12 nitrogen and oxygen atoms in total. The van der Waals surface area contributed by atoms with Gasteiger partial charge in [-0.2, -0.15) is 0 Å². The molecule has 1 saturated heterocycles. The minimum absolute atomic E-state index is 0.0241. The number of nitrogens with one attached hydrogen (secondary N) is 3. The van der Waals surface area contributed by atoms with E-state index in [0.29, 0.717) is 18.6 Å². The van der Waals surface area contributed by atoms with Crippen molar-refractivity contribution >= 4 is 40.6 Å². The first kappa shape index (κ1) is 40.4. The number of hydrogen-bond acceptors (Lipinski definition) is 7. The molecule has 4 amide bonds. The number of nitrogens with zero attached hydrogens (tertiary/aromatic N) is 1. The number of benzene rings is 1. The topological polar surface area (TPSA) is 171 Å². The lowest BCUT2D eigenvalue weighted by atomic mass is 10.0. The van der Waals surface area contributed by atoms with Crippen molar-refractivity contribution in [2.24, 2.45) is 11.8 Å². The van der Waals surface area contributed by atoms with Crippen molar-refractivity contribution in [3.63, 3.8) is 0 Å². The standard InChI is InChI=1S/C31H44F4N4O8S/c1-6-9-48(46)19-12-24(39(14-19)29(42)26(17(4)5)38-31(45)47-15-16(2)3)28(41)37-23(13-25(34)35)27(40)36-8-7-20-21(32)10-18(30(43)44)11-22(20)33/h10-11,16-17,19,23-26H,6-9,12-15H2,1-5H3,(H,36,40)(H,37,41)(H,38,45)(H,43,44)/t19-,23+,24+,26+,48?/m1/s1. The second-order valence-corrected chi connectivity index (χ2v) is 14.1. The van der Waals surface area contributed by atoms with Crippen LogP contribution in [0.15, 0.2) is 12.1 Å². The first-order chi connectivity index (χ1) is 22.5. The Morgan fingerprint density at radius 2 is 1.69 bits per heavy atom. The van der Waals surface area contributed by atoms with Crippen LogP contribution in [0.25, 0.3) is 0 Å². The monoisotopic (exact) mass is 708 g/mol. The zero-order valence-electron chi connectivity index (χ0n) is 27.5. The van der Waals surface area contributed by atoms with Crippen molar-refractivity contribution in [1.29, 1.82) is 0 Å². The van der Waals surface area contributed by atoms with E-state index in [9.17, 15) is 45.7 Å². The average molecular weight is 709 g/mol. The maximum absolute atomic E-state index is 14.3. The largest absolute Gasteiger partial charge is 0.478 e. The number of ether oxygens (including phenoxy) is 1. The van der Waals surface area contributed by atoms with Gasteiger partial charge in [0, 0.05) is 41.6 Å². The summed E-state index contributed by atoms with van der Waals surface area (Å²) in [5, 5.41) is 15.3. The highest BCUT2D eigenvalue weighted by atomic mass is 32.2. The van der Waals surface area contributed by atoms with E-state index >= 15 is 0 Å². The summed E-state index contributed by atoms with van der Waals surface area (Å²) < 4.78 is 73.7. The van der Waals surface area contributed by atoms with E-state index in [0.717, 1.165) is 4.90 Å². The molecule has 0 aliphatic carbocycles. The Kier molecular flexibility index (Phi) is 15.7.